The summed E-state index contributed by atoms with van der Waals surface area (Å²) in [6, 6.07) is 0.251. The number of hydrogen-bond acceptors (Lipinski definition) is 3. The number of ether oxygens (including phenoxy) is 1. The van der Waals surface area contributed by atoms with Crippen LogP contribution in [0.2, 0.25) is 0 Å². The second kappa shape index (κ2) is 12.7. The smallest absolute Gasteiger partial charge is 0.191 e. The molecule has 1 atom stereocenters. The third kappa shape index (κ3) is 8.57. The van der Waals surface area contributed by atoms with Crippen molar-refractivity contribution in [3.8, 4) is 0 Å². The number of aryl methyl sites for hydroxylation is 2. The van der Waals surface area contributed by atoms with Crippen LogP contribution in [0.25, 0.3) is 0 Å². The summed E-state index contributed by atoms with van der Waals surface area (Å²) < 4.78 is 7.30. The Hall–Kier alpha value is -0.830. The van der Waals surface area contributed by atoms with Crippen molar-refractivity contribution in [2.75, 3.05) is 26.8 Å². The lowest BCUT2D eigenvalue weighted by Crippen LogP contribution is -2.44. The van der Waals surface area contributed by atoms with E-state index in [1.165, 1.54) is 0 Å². The summed E-state index contributed by atoms with van der Waals surface area (Å²) >= 11 is 0. The number of unbranched alkanes of at least 4 members (excludes halogenated alkanes) is 1. The van der Waals surface area contributed by atoms with Crippen LogP contribution < -0.4 is 10.6 Å². The molecule has 0 saturated heterocycles. The summed E-state index contributed by atoms with van der Waals surface area (Å²) in [6.45, 7) is 9.54. The van der Waals surface area contributed by atoms with Crippen LogP contribution in [0.15, 0.2) is 17.4 Å². The van der Waals surface area contributed by atoms with Gasteiger partial charge < -0.3 is 19.9 Å². The van der Waals surface area contributed by atoms with Crippen molar-refractivity contribution in [1.29, 1.82) is 0 Å². The highest BCUT2D eigenvalue weighted by Crippen LogP contribution is 2.00. The molecule has 7 heteroatoms. The van der Waals surface area contributed by atoms with Gasteiger partial charge in [-0.15, -0.1) is 24.0 Å². The Kier molecular flexibility index (Phi) is 12.2. The molecule has 6 nitrogen and oxygen atoms in total. The molecule has 2 N–H and O–H groups in total. The Morgan fingerprint density at radius 2 is 2.23 bits per heavy atom. The summed E-state index contributed by atoms with van der Waals surface area (Å²) in [6.07, 6.45) is 6.04. The molecule has 1 aromatic rings. The molecular weight excluding hydrogens is 393 g/mol. The zero-order chi connectivity index (χ0) is 15.5. The summed E-state index contributed by atoms with van der Waals surface area (Å²) in [7, 11) is 1.71. The van der Waals surface area contributed by atoms with E-state index in [-0.39, 0.29) is 30.0 Å². The van der Waals surface area contributed by atoms with E-state index in [0.717, 1.165) is 44.3 Å². The van der Waals surface area contributed by atoms with Crippen LogP contribution in [0, 0.1) is 6.92 Å². The number of methoxy groups -OCH3 is 1. The first-order valence-electron chi connectivity index (χ1n) is 7.68. The molecule has 0 amide bonds. The van der Waals surface area contributed by atoms with Crippen molar-refractivity contribution >= 4 is 29.9 Å². The molecule has 1 unspecified atom stereocenters. The van der Waals surface area contributed by atoms with Gasteiger partial charge in [0.1, 0.15) is 5.82 Å². The number of halogens is 1. The summed E-state index contributed by atoms with van der Waals surface area (Å²) in [5.74, 6) is 1.93. The molecule has 1 rings (SSSR count). The number of aromatic nitrogens is 2. The third-order valence-electron chi connectivity index (χ3n) is 3.14. The molecule has 1 heterocycles. The lowest BCUT2D eigenvalue weighted by atomic mass is 10.3. The molecule has 0 spiro atoms. The SMILES string of the molecule is CCNC(=NCCCCn1ccnc1C)NC(C)COC.I. The molecule has 0 aromatic carbocycles. The van der Waals surface area contributed by atoms with Gasteiger partial charge in [0, 0.05) is 45.2 Å². The molecule has 0 fully saturated rings. The van der Waals surface area contributed by atoms with Gasteiger partial charge in [0.15, 0.2) is 5.96 Å². The predicted molar refractivity (Wildman–Crippen MR) is 102 cm³/mol. The molecule has 0 radical (unpaired) electrons. The Morgan fingerprint density at radius 3 is 2.82 bits per heavy atom. The average Bonchev–Trinajstić information content (AvgIpc) is 2.84. The summed E-state index contributed by atoms with van der Waals surface area (Å²) in [5, 5.41) is 6.58. The van der Waals surface area contributed by atoms with Crippen LogP contribution in [0.3, 0.4) is 0 Å². The quantitative estimate of drug-likeness (QED) is 0.277. The minimum Gasteiger partial charge on any atom is -0.383 e. The van der Waals surface area contributed by atoms with E-state index >= 15 is 0 Å². The van der Waals surface area contributed by atoms with Crippen LogP contribution >= 0.6 is 24.0 Å². The molecule has 0 aliphatic carbocycles. The largest absolute Gasteiger partial charge is 0.383 e. The second-order valence-corrected chi connectivity index (χ2v) is 5.14. The second-order valence-electron chi connectivity index (χ2n) is 5.14. The maximum absolute atomic E-state index is 5.12. The van der Waals surface area contributed by atoms with Gasteiger partial charge in [-0.25, -0.2) is 4.98 Å². The van der Waals surface area contributed by atoms with Crippen molar-refractivity contribution in [3.05, 3.63) is 18.2 Å². The normalized spacial score (nSPS) is 12.6. The van der Waals surface area contributed by atoms with Crippen molar-refractivity contribution in [1.82, 2.24) is 20.2 Å². The monoisotopic (exact) mass is 423 g/mol. The van der Waals surface area contributed by atoms with Crippen molar-refractivity contribution < 1.29 is 4.74 Å². The highest BCUT2D eigenvalue weighted by atomic mass is 127. The third-order valence-corrected chi connectivity index (χ3v) is 3.14. The van der Waals surface area contributed by atoms with Crippen LogP contribution in [0.5, 0.6) is 0 Å². The Labute approximate surface area is 151 Å². The van der Waals surface area contributed by atoms with Crippen LogP contribution in [-0.4, -0.2) is 48.4 Å². The van der Waals surface area contributed by atoms with E-state index < -0.39 is 0 Å². The van der Waals surface area contributed by atoms with E-state index in [4.69, 9.17) is 4.74 Å². The molecule has 0 bridgehead atoms. The Balaban J connectivity index is 0.00000441. The van der Waals surface area contributed by atoms with Gasteiger partial charge in [0.05, 0.1) is 6.61 Å². The number of aliphatic imine (C=N–C) groups is 1. The fraction of sp³-hybridized carbons (Fsp3) is 0.733. The Morgan fingerprint density at radius 1 is 1.45 bits per heavy atom. The van der Waals surface area contributed by atoms with E-state index in [0.29, 0.717) is 6.61 Å². The number of hydrogen-bond donors (Lipinski definition) is 2. The van der Waals surface area contributed by atoms with Gasteiger partial charge in [-0.2, -0.15) is 0 Å². The first kappa shape index (κ1) is 21.2. The molecule has 0 saturated carbocycles. The fourth-order valence-corrected chi connectivity index (χ4v) is 2.07. The van der Waals surface area contributed by atoms with Gasteiger partial charge in [0.25, 0.3) is 0 Å². The zero-order valence-electron chi connectivity index (χ0n) is 14.1. The first-order valence-corrected chi connectivity index (χ1v) is 7.68. The number of guanidine groups is 1. The zero-order valence-corrected chi connectivity index (χ0v) is 16.5. The topological polar surface area (TPSA) is 63.5 Å². The lowest BCUT2D eigenvalue weighted by Gasteiger charge is -2.16. The van der Waals surface area contributed by atoms with Gasteiger partial charge in [-0.1, -0.05) is 0 Å². The lowest BCUT2D eigenvalue weighted by molar-refractivity contribution is 0.179. The molecule has 0 aliphatic rings. The number of nitrogens with one attached hydrogen (secondary N) is 2. The van der Waals surface area contributed by atoms with Gasteiger partial charge in [-0.3, -0.25) is 4.99 Å². The van der Waals surface area contributed by atoms with E-state index in [2.05, 4.69) is 39.0 Å². The first-order chi connectivity index (χ1) is 10.2. The Bertz CT molecular complexity index is 422. The average molecular weight is 423 g/mol. The van der Waals surface area contributed by atoms with Gasteiger partial charge >= 0.3 is 0 Å². The van der Waals surface area contributed by atoms with E-state index in [9.17, 15) is 0 Å². The summed E-state index contributed by atoms with van der Waals surface area (Å²) in [5.41, 5.74) is 0. The number of imidazole rings is 1. The van der Waals surface area contributed by atoms with E-state index in [1.54, 1.807) is 7.11 Å². The molecule has 1 aromatic heterocycles. The highest BCUT2D eigenvalue weighted by Gasteiger charge is 2.03. The van der Waals surface area contributed by atoms with Crippen molar-refractivity contribution in [2.45, 2.75) is 46.2 Å². The molecular formula is C15H30IN5O. The fourth-order valence-electron chi connectivity index (χ4n) is 2.07. The van der Waals surface area contributed by atoms with Crippen LogP contribution in [0.4, 0.5) is 0 Å². The molecule has 0 aliphatic heterocycles. The number of rotatable bonds is 9. The minimum absolute atomic E-state index is 0. The molecule has 22 heavy (non-hydrogen) atoms. The predicted octanol–water partition coefficient (Wildman–Crippen LogP) is 2.18. The van der Waals surface area contributed by atoms with Crippen molar-refractivity contribution in [2.24, 2.45) is 4.99 Å². The van der Waals surface area contributed by atoms with Crippen LogP contribution in [-0.2, 0) is 11.3 Å². The summed E-state index contributed by atoms with van der Waals surface area (Å²) in [4.78, 5) is 8.81. The van der Waals surface area contributed by atoms with Gasteiger partial charge in [-0.05, 0) is 33.6 Å². The molecule has 128 valence electrons. The number of nitrogens with zero attached hydrogens (tertiary/aromatic N) is 3. The van der Waals surface area contributed by atoms with E-state index in [1.807, 2.05) is 19.3 Å². The minimum atomic E-state index is 0. The van der Waals surface area contributed by atoms with Gasteiger partial charge in [0.2, 0.25) is 0 Å². The van der Waals surface area contributed by atoms with Crippen LogP contribution in [0.1, 0.15) is 32.5 Å². The maximum Gasteiger partial charge on any atom is 0.191 e. The highest BCUT2D eigenvalue weighted by molar-refractivity contribution is 14.0. The maximum atomic E-state index is 5.12. The van der Waals surface area contributed by atoms with Crippen molar-refractivity contribution in [3.63, 3.8) is 0 Å². The standard InChI is InChI=1S/C15H29N5O.HI/c1-5-16-15(19-13(2)12-21-4)18-8-6-7-10-20-11-9-17-14(20)3;/h9,11,13H,5-8,10,12H2,1-4H3,(H2,16,18,19);1H.